The summed E-state index contributed by atoms with van der Waals surface area (Å²) >= 11 is 0. The Bertz CT molecular complexity index is 278. The van der Waals surface area contributed by atoms with Crippen molar-refractivity contribution in [2.45, 2.75) is 78.3 Å². The molecule has 1 amide bonds. The van der Waals surface area contributed by atoms with Gasteiger partial charge in [-0.25, -0.2) is 0 Å². The molecule has 0 saturated heterocycles. The van der Waals surface area contributed by atoms with E-state index in [1.54, 1.807) is 0 Å². The monoisotopic (exact) mass is 268 g/mol. The standard InChI is InChI=1S/C16H32N2O/c1-11(2)6-5-7-13(4)18-16(19)14-8-9-15(17)12(3)10-14/h11-15H,5-10,17H2,1-4H3,(H,18,19). The van der Waals surface area contributed by atoms with Gasteiger partial charge < -0.3 is 11.1 Å². The van der Waals surface area contributed by atoms with Crippen molar-refractivity contribution in [3.63, 3.8) is 0 Å². The van der Waals surface area contributed by atoms with Gasteiger partial charge in [0.25, 0.3) is 0 Å². The molecule has 0 aromatic rings. The third-order valence-electron chi connectivity index (χ3n) is 4.41. The van der Waals surface area contributed by atoms with Crippen LogP contribution < -0.4 is 11.1 Å². The molecule has 1 aliphatic carbocycles. The first-order valence-corrected chi connectivity index (χ1v) is 7.96. The number of carbonyl (C=O) groups is 1. The van der Waals surface area contributed by atoms with Gasteiger partial charge in [0.05, 0.1) is 0 Å². The Hall–Kier alpha value is -0.570. The van der Waals surface area contributed by atoms with Crippen molar-refractivity contribution >= 4 is 5.91 Å². The quantitative estimate of drug-likeness (QED) is 0.778. The summed E-state index contributed by atoms with van der Waals surface area (Å²) in [5.74, 6) is 1.66. The van der Waals surface area contributed by atoms with E-state index in [0.717, 1.165) is 31.6 Å². The van der Waals surface area contributed by atoms with E-state index < -0.39 is 0 Å². The molecule has 3 N–H and O–H groups in total. The summed E-state index contributed by atoms with van der Waals surface area (Å²) in [7, 11) is 0. The molecular formula is C16H32N2O. The number of carbonyl (C=O) groups excluding carboxylic acids is 1. The zero-order valence-electron chi connectivity index (χ0n) is 13.1. The summed E-state index contributed by atoms with van der Waals surface area (Å²) in [5.41, 5.74) is 6.00. The minimum absolute atomic E-state index is 0.183. The maximum absolute atomic E-state index is 12.2. The highest BCUT2D eigenvalue weighted by atomic mass is 16.1. The van der Waals surface area contributed by atoms with Crippen LogP contribution in [-0.2, 0) is 4.79 Å². The van der Waals surface area contributed by atoms with Crippen LogP contribution in [0.1, 0.15) is 66.2 Å². The van der Waals surface area contributed by atoms with E-state index in [1.807, 2.05) is 0 Å². The molecule has 1 rings (SSSR count). The molecule has 3 nitrogen and oxygen atoms in total. The van der Waals surface area contributed by atoms with Crippen molar-refractivity contribution in [1.29, 1.82) is 0 Å². The lowest BCUT2D eigenvalue weighted by Gasteiger charge is -2.31. The van der Waals surface area contributed by atoms with E-state index >= 15 is 0 Å². The second-order valence-electron chi connectivity index (χ2n) is 6.89. The summed E-state index contributed by atoms with van der Waals surface area (Å²) in [4.78, 5) is 12.2. The van der Waals surface area contributed by atoms with E-state index in [1.165, 1.54) is 12.8 Å². The van der Waals surface area contributed by atoms with Crippen LogP contribution in [0.25, 0.3) is 0 Å². The fourth-order valence-corrected chi connectivity index (χ4v) is 2.92. The summed E-state index contributed by atoms with van der Waals surface area (Å²) in [6.45, 7) is 8.78. The predicted octanol–water partition coefficient (Wildman–Crippen LogP) is 3.08. The van der Waals surface area contributed by atoms with Gasteiger partial charge in [0.15, 0.2) is 0 Å². The molecule has 0 aliphatic heterocycles. The van der Waals surface area contributed by atoms with E-state index in [9.17, 15) is 4.79 Å². The van der Waals surface area contributed by atoms with Crippen molar-refractivity contribution in [3.05, 3.63) is 0 Å². The van der Waals surface area contributed by atoms with E-state index in [-0.39, 0.29) is 17.9 Å². The summed E-state index contributed by atoms with van der Waals surface area (Å²) in [6.07, 6.45) is 6.43. The molecule has 0 bridgehead atoms. The van der Waals surface area contributed by atoms with E-state index in [2.05, 4.69) is 33.0 Å². The molecule has 0 aromatic heterocycles. The molecule has 1 saturated carbocycles. The van der Waals surface area contributed by atoms with Crippen LogP contribution in [0, 0.1) is 17.8 Å². The minimum Gasteiger partial charge on any atom is -0.353 e. The van der Waals surface area contributed by atoms with Gasteiger partial charge in [-0.1, -0.05) is 33.6 Å². The smallest absolute Gasteiger partial charge is 0.223 e. The van der Waals surface area contributed by atoms with Gasteiger partial charge in [-0.2, -0.15) is 0 Å². The average molecular weight is 268 g/mol. The zero-order chi connectivity index (χ0) is 14.4. The van der Waals surface area contributed by atoms with Gasteiger partial charge >= 0.3 is 0 Å². The Morgan fingerprint density at radius 2 is 1.95 bits per heavy atom. The van der Waals surface area contributed by atoms with Gasteiger partial charge in [0.1, 0.15) is 0 Å². The second-order valence-corrected chi connectivity index (χ2v) is 6.89. The first-order chi connectivity index (χ1) is 8.90. The minimum atomic E-state index is 0.183. The maximum atomic E-state index is 12.2. The van der Waals surface area contributed by atoms with Crippen LogP contribution in [0.5, 0.6) is 0 Å². The van der Waals surface area contributed by atoms with Crippen molar-refractivity contribution < 1.29 is 4.79 Å². The lowest BCUT2D eigenvalue weighted by atomic mass is 9.79. The maximum Gasteiger partial charge on any atom is 0.223 e. The van der Waals surface area contributed by atoms with Gasteiger partial charge in [-0.15, -0.1) is 0 Å². The first-order valence-electron chi connectivity index (χ1n) is 7.96. The molecule has 1 fully saturated rings. The predicted molar refractivity (Wildman–Crippen MR) is 80.8 cm³/mol. The molecule has 4 unspecified atom stereocenters. The molecule has 1 aliphatic rings. The Kier molecular flexibility index (Phi) is 6.84. The average Bonchev–Trinajstić information content (AvgIpc) is 2.32. The van der Waals surface area contributed by atoms with E-state index in [4.69, 9.17) is 5.73 Å². The van der Waals surface area contributed by atoms with Crippen LogP contribution >= 0.6 is 0 Å². The van der Waals surface area contributed by atoms with Crippen LogP contribution in [0.3, 0.4) is 0 Å². The molecule has 0 aromatic carbocycles. The van der Waals surface area contributed by atoms with Gasteiger partial charge in [-0.05, 0) is 44.4 Å². The molecule has 4 atom stereocenters. The van der Waals surface area contributed by atoms with E-state index in [0.29, 0.717) is 12.0 Å². The van der Waals surface area contributed by atoms with Crippen LogP contribution in [0.15, 0.2) is 0 Å². The Balaban J connectivity index is 2.26. The lowest BCUT2D eigenvalue weighted by molar-refractivity contribution is -0.127. The summed E-state index contributed by atoms with van der Waals surface area (Å²) in [5, 5.41) is 3.18. The van der Waals surface area contributed by atoms with Crippen molar-refractivity contribution in [2.75, 3.05) is 0 Å². The van der Waals surface area contributed by atoms with Crippen molar-refractivity contribution in [3.8, 4) is 0 Å². The van der Waals surface area contributed by atoms with Gasteiger partial charge in [0, 0.05) is 18.0 Å². The molecule has 0 radical (unpaired) electrons. The first kappa shape index (κ1) is 16.5. The fraction of sp³-hybridized carbons (Fsp3) is 0.938. The highest BCUT2D eigenvalue weighted by molar-refractivity contribution is 5.79. The number of rotatable bonds is 6. The molecule has 0 spiro atoms. The summed E-state index contributed by atoms with van der Waals surface area (Å²) in [6, 6.07) is 0.588. The number of hydrogen-bond donors (Lipinski definition) is 2. The van der Waals surface area contributed by atoms with Gasteiger partial charge in [-0.3, -0.25) is 4.79 Å². The number of nitrogens with two attached hydrogens (primary N) is 1. The van der Waals surface area contributed by atoms with Gasteiger partial charge in [0.2, 0.25) is 5.91 Å². The second kappa shape index (κ2) is 7.88. The third kappa shape index (κ3) is 5.94. The Labute approximate surface area is 118 Å². The van der Waals surface area contributed by atoms with Crippen LogP contribution in [0.4, 0.5) is 0 Å². The molecular weight excluding hydrogens is 236 g/mol. The Morgan fingerprint density at radius 3 is 2.53 bits per heavy atom. The fourth-order valence-electron chi connectivity index (χ4n) is 2.92. The van der Waals surface area contributed by atoms with Crippen molar-refractivity contribution in [1.82, 2.24) is 5.32 Å². The highest BCUT2D eigenvalue weighted by Gasteiger charge is 2.29. The normalized spacial score (nSPS) is 29.3. The third-order valence-corrected chi connectivity index (χ3v) is 4.41. The largest absolute Gasteiger partial charge is 0.353 e. The molecule has 3 heteroatoms. The molecule has 112 valence electrons. The highest BCUT2D eigenvalue weighted by Crippen LogP contribution is 2.28. The van der Waals surface area contributed by atoms with Crippen LogP contribution in [0.2, 0.25) is 0 Å². The number of amides is 1. The SMILES string of the molecule is CC(C)CCCC(C)NC(=O)C1CCC(N)C(C)C1. The topological polar surface area (TPSA) is 55.1 Å². The molecule has 19 heavy (non-hydrogen) atoms. The lowest BCUT2D eigenvalue weighted by Crippen LogP contribution is -2.43. The van der Waals surface area contributed by atoms with Crippen LogP contribution in [-0.4, -0.2) is 18.0 Å². The molecule has 0 heterocycles. The zero-order valence-corrected chi connectivity index (χ0v) is 13.1. The van der Waals surface area contributed by atoms with Crippen molar-refractivity contribution in [2.24, 2.45) is 23.5 Å². The number of hydrogen-bond acceptors (Lipinski definition) is 2. The Morgan fingerprint density at radius 1 is 1.26 bits per heavy atom. The number of nitrogens with one attached hydrogen (secondary N) is 1. The summed E-state index contributed by atoms with van der Waals surface area (Å²) < 4.78 is 0.